The maximum absolute atomic E-state index is 12.2. The highest BCUT2D eigenvalue weighted by Crippen LogP contribution is 2.42. The van der Waals surface area contributed by atoms with Crippen LogP contribution < -0.4 is 16.0 Å². The van der Waals surface area contributed by atoms with E-state index in [4.69, 9.17) is 5.73 Å². The van der Waals surface area contributed by atoms with Crippen molar-refractivity contribution in [2.45, 2.75) is 36.6 Å². The highest BCUT2D eigenvalue weighted by Gasteiger charge is 2.32. The predicted molar refractivity (Wildman–Crippen MR) is 83.8 cm³/mol. The van der Waals surface area contributed by atoms with E-state index in [9.17, 15) is 13.2 Å². The molecule has 1 aliphatic carbocycles. The molecule has 8 heteroatoms. The van der Waals surface area contributed by atoms with Crippen molar-refractivity contribution in [2.24, 2.45) is 0 Å². The van der Waals surface area contributed by atoms with Crippen molar-refractivity contribution in [3.05, 3.63) is 4.88 Å². The Hall–Kier alpha value is -1.28. The van der Waals surface area contributed by atoms with Crippen molar-refractivity contribution in [2.75, 3.05) is 30.0 Å². The van der Waals surface area contributed by atoms with Gasteiger partial charge in [-0.05, 0) is 25.7 Å². The van der Waals surface area contributed by atoms with E-state index in [0.717, 1.165) is 45.0 Å². The van der Waals surface area contributed by atoms with Crippen LogP contribution in [0.2, 0.25) is 0 Å². The lowest BCUT2D eigenvalue weighted by molar-refractivity contribution is 0.0956. The van der Waals surface area contributed by atoms with Gasteiger partial charge in [-0.1, -0.05) is 0 Å². The van der Waals surface area contributed by atoms with Gasteiger partial charge >= 0.3 is 0 Å². The van der Waals surface area contributed by atoms with Crippen LogP contribution in [-0.4, -0.2) is 39.7 Å². The second-order valence-electron chi connectivity index (χ2n) is 5.69. The molecule has 2 aliphatic rings. The third-order valence-corrected chi connectivity index (χ3v) is 6.31. The van der Waals surface area contributed by atoms with E-state index in [0.29, 0.717) is 9.88 Å². The van der Waals surface area contributed by atoms with E-state index in [1.54, 1.807) is 0 Å². The average Bonchev–Trinajstić information content (AvgIpc) is 2.91. The van der Waals surface area contributed by atoms with Gasteiger partial charge in [0.2, 0.25) is 0 Å². The summed E-state index contributed by atoms with van der Waals surface area (Å²) in [6.45, 7) is 1.62. The van der Waals surface area contributed by atoms with Gasteiger partial charge in [-0.2, -0.15) is 0 Å². The molecule has 21 heavy (non-hydrogen) atoms. The van der Waals surface area contributed by atoms with Crippen LogP contribution in [0.5, 0.6) is 0 Å². The van der Waals surface area contributed by atoms with Crippen molar-refractivity contribution in [1.82, 2.24) is 5.32 Å². The fourth-order valence-corrected chi connectivity index (χ4v) is 5.21. The van der Waals surface area contributed by atoms with Gasteiger partial charge in [0.15, 0.2) is 9.84 Å². The Bertz CT molecular complexity index is 671. The van der Waals surface area contributed by atoms with Crippen LogP contribution >= 0.6 is 11.3 Å². The lowest BCUT2D eigenvalue weighted by Crippen LogP contribution is -2.25. The molecule has 1 amide bonds. The zero-order valence-corrected chi connectivity index (χ0v) is 13.5. The first-order valence-corrected chi connectivity index (χ1v) is 9.77. The number of carbonyl (C=O) groups excluding carboxylic acids is 1. The minimum absolute atomic E-state index is 0.0996. The molecule has 1 aromatic rings. The number of amides is 1. The zero-order chi connectivity index (χ0) is 15.2. The lowest BCUT2D eigenvalue weighted by atomic mass is 10.3. The van der Waals surface area contributed by atoms with Crippen molar-refractivity contribution < 1.29 is 13.2 Å². The van der Waals surface area contributed by atoms with E-state index in [1.165, 1.54) is 11.3 Å². The molecule has 116 valence electrons. The summed E-state index contributed by atoms with van der Waals surface area (Å²) in [7, 11) is -3.46. The van der Waals surface area contributed by atoms with E-state index in [1.807, 2.05) is 4.90 Å². The maximum Gasteiger partial charge on any atom is 0.263 e. The van der Waals surface area contributed by atoms with Gasteiger partial charge in [0.1, 0.15) is 14.8 Å². The quantitative estimate of drug-likeness (QED) is 0.866. The monoisotopic (exact) mass is 329 g/mol. The molecule has 1 saturated carbocycles. The minimum atomic E-state index is -3.46. The normalized spacial score (nSPS) is 19.0. The second kappa shape index (κ2) is 5.17. The molecule has 0 bridgehead atoms. The summed E-state index contributed by atoms with van der Waals surface area (Å²) >= 11 is 1.20. The number of nitrogen functional groups attached to an aromatic ring is 1. The van der Waals surface area contributed by atoms with Crippen LogP contribution in [-0.2, 0) is 9.84 Å². The summed E-state index contributed by atoms with van der Waals surface area (Å²) in [5, 5.41) is 3.49. The minimum Gasteiger partial charge on any atom is -0.396 e. The number of hydrogen-bond acceptors (Lipinski definition) is 6. The standard InChI is InChI=1S/C13H19N3O3S2/c1-21(18,19)11-9(14)10(12(17)15-8-4-5-8)20-13(11)16-6-2-3-7-16/h8H,2-7,14H2,1H3,(H,15,17). The topological polar surface area (TPSA) is 92.5 Å². The highest BCUT2D eigenvalue weighted by atomic mass is 32.2. The molecule has 2 heterocycles. The van der Waals surface area contributed by atoms with Crippen molar-refractivity contribution in [3.8, 4) is 0 Å². The van der Waals surface area contributed by atoms with E-state index >= 15 is 0 Å². The number of carbonyl (C=O) groups is 1. The van der Waals surface area contributed by atoms with Gasteiger partial charge in [-0.3, -0.25) is 4.79 Å². The molecule has 3 N–H and O–H groups in total. The lowest BCUT2D eigenvalue weighted by Gasteiger charge is -2.16. The average molecular weight is 329 g/mol. The molecule has 1 aromatic heterocycles. The van der Waals surface area contributed by atoms with Gasteiger partial charge in [0, 0.05) is 25.4 Å². The number of sulfone groups is 1. The van der Waals surface area contributed by atoms with Crippen molar-refractivity contribution >= 4 is 37.8 Å². The zero-order valence-electron chi connectivity index (χ0n) is 11.9. The highest BCUT2D eigenvalue weighted by molar-refractivity contribution is 7.91. The third kappa shape index (κ3) is 2.87. The molecule has 0 atom stereocenters. The number of anilines is 2. The van der Waals surface area contributed by atoms with Crippen LogP contribution in [0.3, 0.4) is 0 Å². The number of hydrogen-bond donors (Lipinski definition) is 2. The number of thiophene rings is 1. The first-order valence-electron chi connectivity index (χ1n) is 7.06. The Morgan fingerprint density at radius 2 is 1.95 bits per heavy atom. The number of nitrogens with two attached hydrogens (primary N) is 1. The van der Waals surface area contributed by atoms with Crippen molar-refractivity contribution in [3.63, 3.8) is 0 Å². The van der Waals surface area contributed by atoms with Gasteiger partial charge < -0.3 is 16.0 Å². The Balaban J connectivity index is 2.03. The summed E-state index contributed by atoms with van der Waals surface area (Å²) in [4.78, 5) is 14.7. The largest absolute Gasteiger partial charge is 0.396 e. The molecule has 2 fully saturated rings. The number of nitrogens with one attached hydrogen (secondary N) is 1. The molecule has 0 spiro atoms. The molecule has 0 unspecified atom stereocenters. The third-order valence-electron chi connectivity index (χ3n) is 3.77. The van der Waals surface area contributed by atoms with Gasteiger partial charge in [0.25, 0.3) is 5.91 Å². The summed E-state index contributed by atoms with van der Waals surface area (Å²) < 4.78 is 24.1. The van der Waals surface area contributed by atoms with E-state index in [-0.39, 0.29) is 22.5 Å². The summed E-state index contributed by atoms with van der Waals surface area (Å²) in [5.74, 6) is -0.254. The van der Waals surface area contributed by atoms with Crippen molar-refractivity contribution in [1.29, 1.82) is 0 Å². The van der Waals surface area contributed by atoms with E-state index in [2.05, 4.69) is 5.32 Å². The fourth-order valence-electron chi connectivity index (χ4n) is 2.55. The second-order valence-corrected chi connectivity index (χ2v) is 8.64. The van der Waals surface area contributed by atoms with Crippen LogP contribution in [0, 0.1) is 0 Å². The summed E-state index contributed by atoms with van der Waals surface area (Å²) in [5.41, 5.74) is 6.10. The first kappa shape index (κ1) is 14.6. The van der Waals surface area contributed by atoms with Crippen LogP contribution in [0.15, 0.2) is 4.90 Å². The van der Waals surface area contributed by atoms with E-state index < -0.39 is 9.84 Å². The molecular weight excluding hydrogens is 310 g/mol. The fraction of sp³-hybridized carbons (Fsp3) is 0.615. The molecule has 0 aromatic carbocycles. The Kier molecular flexibility index (Phi) is 3.61. The van der Waals surface area contributed by atoms with Gasteiger partial charge in [-0.25, -0.2) is 8.42 Å². The van der Waals surface area contributed by atoms with Crippen LogP contribution in [0.4, 0.5) is 10.7 Å². The molecule has 1 aliphatic heterocycles. The SMILES string of the molecule is CS(=O)(=O)c1c(N2CCCC2)sc(C(=O)NC2CC2)c1N. The van der Waals surface area contributed by atoms with Gasteiger partial charge in [0.05, 0.1) is 5.69 Å². The molecule has 6 nitrogen and oxygen atoms in total. The first-order chi connectivity index (χ1) is 9.88. The summed E-state index contributed by atoms with van der Waals surface area (Å²) in [6, 6.07) is 0.218. The number of nitrogens with zero attached hydrogens (tertiary/aromatic N) is 1. The van der Waals surface area contributed by atoms with Crippen LogP contribution in [0.25, 0.3) is 0 Å². The Morgan fingerprint density at radius 3 is 2.48 bits per heavy atom. The smallest absolute Gasteiger partial charge is 0.263 e. The number of rotatable bonds is 4. The Labute approximate surface area is 128 Å². The Morgan fingerprint density at radius 1 is 1.33 bits per heavy atom. The van der Waals surface area contributed by atoms with Crippen LogP contribution in [0.1, 0.15) is 35.4 Å². The molecule has 0 radical (unpaired) electrons. The van der Waals surface area contributed by atoms with Gasteiger partial charge in [-0.15, -0.1) is 11.3 Å². The molecular formula is C13H19N3O3S2. The molecule has 3 rings (SSSR count). The molecule has 1 saturated heterocycles. The predicted octanol–water partition coefficient (Wildman–Crippen LogP) is 1.23. The summed E-state index contributed by atoms with van der Waals surface area (Å²) in [6.07, 6.45) is 5.17. The maximum atomic E-state index is 12.2.